The Hall–Kier alpha value is -1.78. The van der Waals surface area contributed by atoms with Crippen molar-refractivity contribution >= 4 is 13.6 Å². The highest BCUT2D eigenvalue weighted by atomic mass is 31.2. The monoisotopic (exact) mass is 344 g/mol. The molecule has 0 aliphatic carbocycles. The van der Waals surface area contributed by atoms with E-state index in [1.165, 1.54) is 5.56 Å². The summed E-state index contributed by atoms with van der Waals surface area (Å²) in [4.78, 5) is 12.9. The molecule has 6 heteroatoms. The van der Waals surface area contributed by atoms with Gasteiger partial charge in [-0.05, 0) is 18.1 Å². The summed E-state index contributed by atoms with van der Waals surface area (Å²) in [5.41, 5.74) is 3.01. The standard InChI is InChI=1S/C18H17O5P/c1-13-3-2-4-16(9-13)14-5-7-15(8-6-14)17(19)18-10-21-24(20,22-11-18)23-12-18/h2-9H,10-12H2,1H3. The molecule has 0 spiro atoms. The van der Waals surface area contributed by atoms with Crippen LogP contribution in [-0.2, 0) is 18.1 Å². The van der Waals surface area contributed by atoms with Gasteiger partial charge in [0.05, 0.1) is 19.8 Å². The van der Waals surface area contributed by atoms with Crippen LogP contribution < -0.4 is 0 Å². The van der Waals surface area contributed by atoms with Crippen LogP contribution in [0.1, 0.15) is 15.9 Å². The summed E-state index contributed by atoms with van der Waals surface area (Å²) in [5.74, 6) is -0.107. The summed E-state index contributed by atoms with van der Waals surface area (Å²) in [5, 5.41) is 0. The Balaban J connectivity index is 1.59. The first-order chi connectivity index (χ1) is 11.5. The van der Waals surface area contributed by atoms with Crippen LogP contribution in [-0.4, -0.2) is 25.6 Å². The molecule has 0 atom stereocenters. The average Bonchev–Trinajstić information content (AvgIpc) is 2.62. The van der Waals surface area contributed by atoms with Gasteiger partial charge in [0.1, 0.15) is 5.41 Å². The van der Waals surface area contributed by atoms with E-state index in [9.17, 15) is 9.36 Å². The molecule has 0 unspecified atom stereocenters. The first kappa shape index (κ1) is 15.7. The fraction of sp³-hybridized carbons (Fsp3) is 0.278. The highest BCUT2D eigenvalue weighted by Crippen LogP contribution is 2.60. The van der Waals surface area contributed by atoms with Gasteiger partial charge in [0, 0.05) is 5.56 Å². The van der Waals surface area contributed by atoms with E-state index in [4.69, 9.17) is 13.6 Å². The number of hydrogen-bond acceptors (Lipinski definition) is 5. The second-order valence-electron chi connectivity index (χ2n) is 6.32. The molecule has 3 aliphatic rings. The number of phosphoric acid groups is 1. The molecule has 24 heavy (non-hydrogen) atoms. The predicted octanol–water partition coefficient (Wildman–Crippen LogP) is 4.02. The van der Waals surface area contributed by atoms with Crippen molar-refractivity contribution in [1.29, 1.82) is 0 Å². The van der Waals surface area contributed by atoms with Gasteiger partial charge in [-0.15, -0.1) is 0 Å². The van der Waals surface area contributed by atoms with Gasteiger partial charge < -0.3 is 0 Å². The maximum absolute atomic E-state index is 12.9. The lowest BCUT2D eigenvalue weighted by Crippen LogP contribution is -2.50. The van der Waals surface area contributed by atoms with E-state index in [2.05, 4.69) is 6.07 Å². The Bertz CT molecular complexity index is 811. The molecule has 5 rings (SSSR count). The number of carbonyl (C=O) groups is 1. The van der Waals surface area contributed by atoms with E-state index >= 15 is 0 Å². The molecule has 0 N–H and O–H groups in total. The van der Waals surface area contributed by atoms with Crippen LogP contribution in [0, 0.1) is 12.3 Å². The number of hydrogen-bond donors (Lipinski definition) is 0. The number of carbonyl (C=O) groups excluding carboxylic acids is 1. The molecule has 0 saturated carbocycles. The third kappa shape index (κ3) is 2.64. The Labute approximate surface area is 140 Å². The number of fused-ring (bicyclic) bond motifs is 3. The van der Waals surface area contributed by atoms with Crippen molar-refractivity contribution in [1.82, 2.24) is 0 Å². The van der Waals surface area contributed by atoms with Crippen molar-refractivity contribution in [2.24, 2.45) is 5.41 Å². The van der Waals surface area contributed by atoms with Gasteiger partial charge in [0.15, 0.2) is 5.78 Å². The number of rotatable bonds is 3. The predicted molar refractivity (Wildman–Crippen MR) is 88.8 cm³/mol. The summed E-state index contributed by atoms with van der Waals surface area (Å²) in [6.07, 6.45) is 0. The summed E-state index contributed by atoms with van der Waals surface area (Å²) < 4.78 is 27.1. The quantitative estimate of drug-likeness (QED) is 0.622. The van der Waals surface area contributed by atoms with E-state index in [0.29, 0.717) is 5.56 Å². The summed E-state index contributed by atoms with van der Waals surface area (Å²) in [6.45, 7) is 2.26. The first-order valence-electron chi connectivity index (χ1n) is 7.75. The topological polar surface area (TPSA) is 61.8 Å². The van der Waals surface area contributed by atoms with Crippen molar-refractivity contribution in [3.8, 4) is 11.1 Å². The SMILES string of the molecule is Cc1cccc(-c2ccc(C(=O)C34COP(=O)(OC3)OC4)cc2)c1. The highest BCUT2D eigenvalue weighted by Gasteiger charge is 2.54. The number of aryl methyl sites for hydroxylation is 1. The normalized spacial score (nSPS) is 28.7. The number of benzene rings is 2. The summed E-state index contributed by atoms with van der Waals surface area (Å²) in [7, 11) is -3.41. The van der Waals surface area contributed by atoms with E-state index in [1.807, 2.05) is 37.3 Å². The molecule has 0 aromatic heterocycles. The minimum absolute atomic E-state index is 0.0722. The molecular formula is C18H17O5P. The zero-order valence-corrected chi connectivity index (χ0v) is 14.1. The van der Waals surface area contributed by atoms with Crippen LogP contribution in [0.3, 0.4) is 0 Å². The van der Waals surface area contributed by atoms with Crippen LogP contribution in [0.15, 0.2) is 48.5 Å². The number of Topliss-reactive ketones (excluding diaryl/α,β-unsaturated/α-hetero) is 1. The van der Waals surface area contributed by atoms with E-state index in [-0.39, 0.29) is 25.6 Å². The van der Waals surface area contributed by atoms with Crippen molar-refractivity contribution in [3.63, 3.8) is 0 Å². The lowest BCUT2D eigenvalue weighted by molar-refractivity contribution is -0.0737. The van der Waals surface area contributed by atoms with Gasteiger partial charge in [-0.25, -0.2) is 4.57 Å². The Morgan fingerprint density at radius 1 is 0.958 bits per heavy atom. The van der Waals surface area contributed by atoms with Crippen molar-refractivity contribution < 1.29 is 22.9 Å². The van der Waals surface area contributed by atoms with Crippen molar-refractivity contribution in [2.75, 3.05) is 19.8 Å². The van der Waals surface area contributed by atoms with Gasteiger partial charge in [0.2, 0.25) is 0 Å². The summed E-state index contributed by atoms with van der Waals surface area (Å²) in [6, 6.07) is 15.7. The fourth-order valence-corrected chi connectivity index (χ4v) is 4.43. The Morgan fingerprint density at radius 3 is 2.17 bits per heavy atom. The molecule has 2 aromatic carbocycles. The zero-order chi connectivity index (χ0) is 16.8. The molecule has 2 bridgehead atoms. The lowest BCUT2D eigenvalue weighted by atomic mass is 9.82. The smallest absolute Gasteiger partial charge is 0.293 e. The maximum Gasteiger partial charge on any atom is 0.474 e. The second-order valence-corrected chi connectivity index (χ2v) is 7.99. The van der Waals surface area contributed by atoms with E-state index < -0.39 is 13.2 Å². The number of ketones is 1. The minimum atomic E-state index is -3.41. The van der Waals surface area contributed by atoms with Gasteiger partial charge in [-0.3, -0.25) is 18.4 Å². The lowest BCUT2D eigenvalue weighted by Gasteiger charge is -2.42. The van der Waals surface area contributed by atoms with Crippen LogP contribution in [0.4, 0.5) is 0 Å². The van der Waals surface area contributed by atoms with Gasteiger partial charge in [0.25, 0.3) is 0 Å². The van der Waals surface area contributed by atoms with Gasteiger partial charge in [-0.1, -0.05) is 54.1 Å². The Morgan fingerprint density at radius 2 is 1.58 bits per heavy atom. The third-order valence-corrected chi connectivity index (χ3v) is 5.81. The average molecular weight is 344 g/mol. The summed E-state index contributed by atoms with van der Waals surface area (Å²) >= 11 is 0. The highest BCUT2D eigenvalue weighted by molar-refractivity contribution is 7.48. The van der Waals surface area contributed by atoms with Crippen LogP contribution >= 0.6 is 7.82 Å². The maximum atomic E-state index is 12.9. The largest absolute Gasteiger partial charge is 0.474 e. The number of phosphoric ester groups is 1. The molecule has 3 saturated heterocycles. The molecule has 3 aliphatic heterocycles. The van der Waals surface area contributed by atoms with Crippen molar-refractivity contribution in [3.05, 3.63) is 59.7 Å². The van der Waals surface area contributed by atoms with Gasteiger partial charge in [-0.2, -0.15) is 0 Å². The zero-order valence-electron chi connectivity index (χ0n) is 13.2. The van der Waals surface area contributed by atoms with Crippen molar-refractivity contribution in [2.45, 2.75) is 6.92 Å². The van der Waals surface area contributed by atoms with Crippen LogP contribution in [0.25, 0.3) is 11.1 Å². The molecule has 0 radical (unpaired) electrons. The Kier molecular flexibility index (Phi) is 3.70. The van der Waals surface area contributed by atoms with E-state index in [1.54, 1.807) is 12.1 Å². The first-order valence-corrected chi connectivity index (χ1v) is 9.21. The molecule has 124 valence electrons. The van der Waals surface area contributed by atoms with E-state index in [0.717, 1.165) is 11.1 Å². The molecule has 2 aromatic rings. The molecular weight excluding hydrogens is 327 g/mol. The molecule has 0 amide bonds. The third-order valence-electron chi connectivity index (χ3n) is 4.48. The molecule has 3 heterocycles. The molecule has 3 fully saturated rings. The van der Waals surface area contributed by atoms with Crippen LogP contribution in [0.5, 0.6) is 0 Å². The molecule has 5 nitrogen and oxygen atoms in total. The second kappa shape index (κ2) is 5.64. The minimum Gasteiger partial charge on any atom is -0.293 e. The fourth-order valence-electron chi connectivity index (χ4n) is 2.99. The van der Waals surface area contributed by atoms with Crippen LogP contribution in [0.2, 0.25) is 0 Å². The van der Waals surface area contributed by atoms with Gasteiger partial charge >= 0.3 is 7.82 Å².